The Bertz CT molecular complexity index is 419. The van der Waals surface area contributed by atoms with Crippen LogP contribution < -0.4 is 10.6 Å². The smallest absolute Gasteiger partial charge is 0.340 e. The van der Waals surface area contributed by atoms with Crippen molar-refractivity contribution in [3.8, 4) is 0 Å². The quantitative estimate of drug-likeness (QED) is 0.609. The maximum absolute atomic E-state index is 11.7. The van der Waals surface area contributed by atoms with Gasteiger partial charge in [-0.25, -0.2) is 4.79 Å². The molecule has 0 spiro atoms. The minimum atomic E-state index is -0.472. The number of hydrogen-bond acceptors (Lipinski definition) is 5. The number of benzene rings is 1. The normalized spacial score (nSPS) is 12.0. The van der Waals surface area contributed by atoms with E-state index in [2.05, 4.69) is 0 Å². The maximum atomic E-state index is 11.7. The lowest BCUT2D eigenvalue weighted by atomic mass is 10.1. The van der Waals surface area contributed by atoms with Crippen LogP contribution in [-0.4, -0.2) is 37.4 Å². The van der Waals surface area contributed by atoms with Gasteiger partial charge < -0.3 is 20.5 Å². The molecule has 0 aromatic heterocycles. The Morgan fingerprint density at radius 1 is 1.56 bits per heavy atom. The Morgan fingerprint density at radius 3 is 2.78 bits per heavy atom. The molecule has 1 aromatic carbocycles. The van der Waals surface area contributed by atoms with Crippen LogP contribution >= 0.6 is 0 Å². The van der Waals surface area contributed by atoms with E-state index in [-0.39, 0.29) is 0 Å². The molecular weight excluding hydrogens is 232 g/mol. The zero-order valence-corrected chi connectivity index (χ0v) is 11.0. The summed E-state index contributed by atoms with van der Waals surface area (Å²) < 4.78 is 4.94. The maximum Gasteiger partial charge on any atom is 0.340 e. The van der Waals surface area contributed by atoms with Gasteiger partial charge in [0.05, 0.1) is 29.6 Å². The molecule has 5 heteroatoms. The number of para-hydroxylation sites is 1. The molecule has 0 saturated carbocycles. The fourth-order valence-corrected chi connectivity index (χ4v) is 1.77. The fraction of sp³-hybridized carbons (Fsp3) is 0.462. The summed E-state index contributed by atoms with van der Waals surface area (Å²) >= 11 is 0. The summed E-state index contributed by atoms with van der Waals surface area (Å²) in [5.74, 6) is -0.428. The molecule has 0 amide bonds. The molecule has 0 radical (unpaired) electrons. The predicted octanol–water partition coefficient (Wildman–Crippen LogP) is 1.26. The Morgan fingerprint density at radius 2 is 2.22 bits per heavy atom. The van der Waals surface area contributed by atoms with E-state index in [0.29, 0.717) is 30.1 Å². The molecule has 18 heavy (non-hydrogen) atoms. The molecule has 1 unspecified atom stereocenters. The average molecular weight is 252 g/mol. The Kier molecular flexibility index (Phi) is 4.97. The summed E-state index contributed by atoms with van der Waals surface area (Å²) in [6, 6.07) is 5.18. The SMILES string of the molecule is CCOC(=O)c1cccc(N(C)CC(C)O)c1N. The van der Waals surface area contributed by atoms with Crippen molar-refractivity contribution in [1.29, 1.82) is 0 Å². The molecule has 5 nitrogen and oxygen atoms in total. The van der Waals surface area contributed by atoms with Gasteiger partial charge in [0.2, 0.25) is 0 Å². The minimum Gasteiger partial charge on any atom is -0.462 e. The van der Waals surface area contributed by atoms with E-state index in [1.54, 1.807) is 32.0 Å². The number of nitrogen functional groups attached to an aromatic ring is 1. The highest BCUT2D eigenvalue weighted by Crippen LogP contribution is 2.26. The first-order valence-corrected chi connectivity index (χ1v) is 5.92. The molecule has 1 rings (SSSR count). The zero-order chi connectivity index (χ0) is 13.7. The number of nitrogens with two attached hydrogens (primary N) is 1. The van der Waals surface area contributed by atoms with Crippen molar-refractivity contribution in [1.82, 2.24) is 0 Å². The summed E-state index contributed by atoms with van der Waals surface area (Å²) in [6.07, 6.45) is -0.472. The van der Waals surface area contributed by atoms with Gasteiger partial charge in [0.25, 0.3) is 0 Å². The van der Waals surface area contributed by atoms with Crippen molar-refractivity contribution < 1.29 is 14.6 Å². The standard InChI is InChI=1S/C13H20N2O3/c1-4-18-13(17)10-6-5-7-11(12(10)14)15(3)8-9(2)16/h5-7,9,16H,4,8,14H2,1-3H3. The third-order valence-corrected chi connectivity index (χ3v) is 2.53. The van der Waals surface area contributed by atoms with Crippen molar-refractivity contribution >= 4 is 17.3 Å². The topological polar surface area (TPSA) is 75.8 Å². The number of hydrogen-bond donors (Lipinski definition) is 2. The van der Waals surface area contributed by atoms with Gasteiger partial charge >= 0.3 is 5.97 Å². The predicted molar refractivity (Wildman–Crippen MR) is 71.8 cm³/mol. The Balaban J connectivity index is 3.01. The van der Waals surface area contributed by atoms with Gasteiger partial charge in [0.15, 0.2) is 0 Å². The van der Waals surface area contributed by atoms with Crippen molar-refractivity contribution in [3.63, 3.8) is 0 Å². The van der Waals surface area contributed by atoms with Gasteiger partial charge in [-0.05, 0) is 26.0 Å². The highest BCUT2D eigenvalue weighted by atomic mass is 16.5. The highest BCUT2D eigenvalue weighted by Gasteiger charge is 2.16. The van der Waals surface area contributed by atoms with Gasteiger partial charge in [-0.3, -0.25) is 0 Å². The summed E-state index contributed by atoms with van der Waals surface area (Å²) in [6.45, 7) is 4.20. The number of nitrogens with zero attached hydrogens (tertiary/aromatic N) is 1. The number of carbonyl (C=O) groups is 1. The monoisotopic (exact) mass is 252 g/mol. The summed E-state index contributed by atoms with van der Waals surface area (Å²) in [4.78, 5) is 13.5. The van der Waals surface area contributed by atoms with E-state index in [0.717, 1.165) is 0 Å². The number of esters is 1. The molecule has 3 N–H and O–H groups in total. The lowest BCUT2D eigenvalue weighted by molar-refractivity contribution is 0.0527. The number of aliphatic hydroxyl groups is 1. The first-order chi connectivity index (χ1) is 8.47. The first-order valence-electron chi connectivity index (χ1n) is 5.92. The van der Waals surface area contributed by atoms with Crippen molar-refractivity contribution in [2.75, 3.05) is 30.8 Å². The first kappa shape index (κ1) is 14.3. The van der Waals surface area contributed by atoms with Gasteiger partial charge in [-0.15, -0.1) is 0 Å². The molecule has 0 aliphatic rings. The number of likely N-dealkylation sites (N-methyl/N-ethyl adjacent to an activating group) is 1. The third kappa shape index (κ3) is 3.37. The van der Waals surface area contributed by atoms with E-state index in [4.69, 9.17) is 10.5 Å². The van der Waals surface area contributed by atoms with Crippen LogP contribution in [0.2, 0.25) is 0 Å². The van der Waals surface area contributed by atoms with Crippen molar-refractivity contribution in [2.45, 2.75) is 20.0 Å². The van der Waals surface area contributed by atoms with E-state index in [1.165, 1.54) is 0 Å². The highest BCUT2D eigenvalue weighted by molar-refractivity contribution is 5.98. The lowest BCUT2D eigenvalue weighted by Crippen LogP contribution is -2.28. The molecule has 0 fully saturated rings. The van der Waals surface area contributed by atoms with Crippen LogP contribution in [0.5, 0.6) is 0 Å². The van der Waals surface area contributed by atoms with E-state index < -0.39 is 12.1 Å². The number of carbonyl (C=O) groups excluding carboxylic acids is 1. The van der Waals surface area contributed by atoms with Crippen LogP contribution in [0.15, 0.2) is 18.2 Å². The Labute approximate surface area is 107 Å². The lowest BCUT2D eigenvalue weighted by Gasteiger charge is -2.23. The van der Waals surface area contributed by atoms with Crippen LogP contribution in [0.25, 0.3) is 0 Å². The second kappa shape index (κ2) is 6.26. The number of rotatable bonds is 5. The molecule has 100 valence electrons. The second-order valence-corrected chi connectivity index (χ2v) is 4.19. The summed E-state index contributed by atoms with van der Waals surface area (Å²) in [5.41, 5.74) is 7.40. The van der Waals surface area contributed by atoms with Gasteiger partial charge in [-0.1, -0.05) is 6.07 Å². The minimum absolute atomic E-state index is 0.312. The van der Waals surface area contributed by atoms with Crippen molar-refractivity contribution in [2.24, 2.45) is 0 Å². The average Bonchev–Trinajstić information content (AvgIpc) is 2.28. The molecule has 0 saturated heterocycles. The number of anilines is 2. The molecule has 1 aromatic rings. The summed E-state index contributed by atoms with van der Waals surface area (Å²) in [5, 5.41) is 9.36. The van der Waals surface area contributed by atoms with Crippen LogP contribution in [0.3, 0.4) is 0 Å². The second-order valence-electron chi connectivity index (χ2n) is 4.19. The van der Waals surface area contributed by atoms with Crippen molar-refractivity contribution in [3.05, 3.63) is 23.8 Å². The number of aliphatic hydroxyl groups excluding tert-OH is 1. The van der Waals surface area contributed by atoms with Crippen LogP contribution in [0, 0.1) is 0 Å². The van der Waals surface area contributed by atoms with Crippen LogP contribution in [0.1, 0.15) is 24.2 Å². The van der Waals surface area contributed by atoms with Crippen LogP contribution in [-0.2, 0) is 4.74 Å². The number of ether oxygens (including phenoxy) is 1. The summed E-state index contributed by atoms with van der Waals surface area (Å²) in [7, 11) is 1.81. The molecular formula is C13H20N2O3. The molecule has 0 heterocycles. The van der Waals surface area contributed by atoms with E-state index >= 15 is 0 Å². The van der Waals surface area contributed by atoms with Gasteiger partial charge in [0, 0.05) is 13.6 Å². The largest absolute Gasteiger partial charge is 0.462 e. The zero-order valence-electron chi connectivity index (χ0n) is 11.0. The molecule has 0 aliphatic heterocycles. The molecule has 0 aliphatic carbocycles. The molecule has 0 bridgehead atoms. The van der Waals surface area contributed by atoms with Crippen LogP contribution in [0.4, 0.5) is 11.4 Å². The Hall–Kier alpha value is -1.75. The van der Waals surface area contributed by atoms with Gasteiger partial charge in [-0.2, -0.15) is 0 Å². The van der Waals surface area contributed by atoms with E-state index in [1.807, 2.05) is 11.9 Å². The van der Waals surface area contributed by atoms with Gasteiger partial charge in [0.1, 0.15) is 0 Å². The van der Waals surface area contributed by atoms with E-state index in [9.17, 15) is 9.90 Å². The fourth-order valence-electron chi connectivity index (χ4n) is 1.77. The third-order valence-electron chi connectivity index (χ3n) is 2.53. The molecule has 1 atom stereocenters.